The Morgan fingerprint density at radius 2 is 1.73 bits per heavy atom. The van der Waals surface area contributed by atoms with Crippen molar-refractivity contribution in [1.29, 1.82) is 0 Å². The molecule has 7 rings (SSSR count). The average molecular weight is 857 g/mol. The first-order valence-corrected chi connectivity index (χ1v) is 20.1. The lowest BCUT2D eigenvalue weighted by Crippen LogP contribution is -2.61. The number of aliphatic carboxylic acids is 1. The van der Waals surface area contributed by atoms with Gasteiger partial charge < -0.3 is 45.1 Å². The smallest absolute Gasteiger partial charge is 0.435 e. The number of carboxylic acid groups (broad SMARTS) is 1. The van der Waals surface area contributed by atoms with E-state index in [1.807, 2.05) is 0 Å². The predicted molar refractivity (Wildman–Crippen MR) is 210 cm³/mol. The van der Waals surface area contributed by atoms with Gasteiger partial charge in [0.1, 0.15) is 5.69 Å². The highest BCUT2D eigenvalue weighted by molar-refractivity contribution is 6.34. The average Bonchev–Trinajstić information content (AvgIpc) is 3.80. The quantitative estimate of drug-likeness (QED) is 0.110. The largest absolute Gasteiger partial charge is 0.550 e. The third kappa shape index (κ3) is 9.12. The number of piperazine rings is 1. The van der Waals surface area contributed by atoms with E-state index in [0.29, 0.717) is 38.5 Å². The van der Waals surface area contributed by atoms with E-state index in [0.717, 1.165) is 84.3 Å². The van der Waals surface area contributed by atoms with Crippen LogP contribution >= 0.6 is 11.6 Å². The van der Waals surface area contributed by atoms with Crippen LogP contribution in [-0.4, -0.2) is 123 Å². The number of carboxylic acids is 1. The number of carbonyl (C=O) groups is 4. The molecular formula is C40H45ClF4N10O5. The molecule has 0 aliphatic carbocycles. The van der Waals surface area contributed by atoms with Gasteiger partial charge >= 0.3 is 6.18 Å². The fourth-order valence-corrected chi connectivity index (χ4v) is 8.69. The Bertz CT molecular complexity index is 2280. The molecule has 3 aliphatic heterocycles. The second kappa shape index (κ2) is 17.2. The van der Waals surface area contributed by atoms with Crippen molar-refractivity contribution in [1.82, 2.24) is 34.4 Å². The molecule has 5 heterocycles. The van der Waals surface area contributed by atoms with Crippen molar-refractivity contribution in [2.45, 2.75) is 31.9 Å². The minimum absolute atomic E-state index is 0.0293. The molecule has 0 saturated carbocycles. The minimum Gasteiger partial charge on any atom is -0.550 e. The number of benzene rings is 2. The highest BCUT2D eigenvalue weighted by atomic mass is 35.5. The van der Waals surface area contributed by atoms with Gasteiger partial charge in [0.15, 0.2) is 17.3 Å². The summed E-state index contributed by atoms with van der Waals surface area (Å²) in [5, 5.41) is 20.6. The normalized spacial score (nSPS) is 19.9. The van der Waals surface area contributed by atoms with Crippen LogP contribution in [0.5, 0.6) is 0 Å². The maximum Gasteiger partial charge on any atom is 0.435 e. The topological polar surface area (TPSA) is 184 Å². The number of nitrogens with two attached hydrogens (primary N) is 1. The lowest BCUT2D eigenvalue weighted by Gasteiger charge is -2.47. The number of piperidine rings is 1. The van der Waals surface area contributed by atoms with Crippen LogP contribution in [0.1, 0.15) is 52.4 Å². The number of rotatable bonds is 12. The van der Waals surface area contributed by atoms with Gasteiger partial charge in [0, 0.05) is 101 Å². The number of hydrogen-bond acceptors (Lipinski definition) is 9. The summed E-state index contributed by atoms with van der Waals surface area (Å²) >= 11 is 6.55. The third-order valence-electron chi connectivity index (χ3n) is 11.8. The lowest BCUT2D eigenvalue weighted by atomic mass is 9.90. The number of hydrogen-bond donors (Lipinski definition) is 3. The maximum atomic E-state index is 14.6. The van der Waals surface area contributed by atoms with E-state index in [9.17, 15) is 41.8 Å². The highest BCUT2D eigenvalue weighted by Crippen LogP contribution is 2.37. The summed E-state index contributed by atoms with van der Waals surface area (Å²) in [4.78, 5) is 59.0. The first-order valence-electron chi connectivity index (χ1n) is 19.7. The molecule has 0 unspecified atom stereocenters. The zero-order valence-electron chi connectivity index (χ0n) is 32.8. The van der Waals surface area contributed by atoms with Crippen molar-refractivity contribution in [3.8, 4) is 16.9 Å². The van der Waals surface area contributed by atoms with Crippen molar-refractivity contribution in [2.24, 2.45) is 18.9 Å². The van der Waals surface area contributed by atoms with E-state index in [2.05, 4.69) is 20.7 Å². The number of nitrogen functional groups attached to an aromatic ring is 1. The number of imidazole rings is 1. The van der Waals surface area contributed by atoms with E-state index in [4.69, 9.17) is 17.3 Å². The molecule has 2 aromatic carbocycles. The first kappa shape index (κ1) is 42.6. The summed E-state index contributed by atoms with van der Waals surface area (Å²) < 4.78 is 59.7. The van der Waals surface area contributed by atoms with Crippen LogP contribution in [0.15, 0.2) is 48.8 Å². The van der Waals surface area contributed by atoms with E-state index in [1.165, 1.54) is 37.4 Å². The fraction of sp³-hybridized carbons (Fsp3) is 0.450. The number of nitrogens with zero attached hydrogens (tertiary/aromatic N) is 7. The van der Waals surface area contributed by atoms with Crippen LogP contribution < -0.4 is 21.5 Å². The first-order chi connectivity index (χ1) is 28.5. The number of anilines is 2. The third-order valence-corrected chi connectivity index (χ3v) is 12.1. The van der Waals surface area contributed by atoms with Gasteiger partial charge in [0.25, 0.3) is 11.8 Å². The maximum absolute atomic E-state index is 14.6. The summed E-state index contributed by atoms with van der Waals surface area (Å²) in [7, 11) is 1.35. The molecule has 0 bridgehead atoms. The van der Waals surface area contributed by atoms with Crippen LogP contribution in [0.4, 0.5) is 28.9 Å². The SMILES string of the molecule is Cn1c(-c2cn(-c3ccc(N)cc3F)nc2C(F)(F)F)cnc1C(=O)Nc1ccc(C(=O)N2CCN(C(=O)C3CC[N+](CCCC(=O)[O-])(CC4CNC4)CC3)CC2)c(Cl)c1. The number of quaternary nitrogens is 1. The Balaban J connectivity index is 0.949. The van der Waals surface area contributed by atoms with Crippen LogP contribution in [0.25, 0.3) is 16.9 Å². The molecule has 3 amide bonds. The monoisotopic (exact) mass is 856 g/mol. The molecule has 2 aromatic heterocycles. The van der Waals surface area contributed by atoms with Gasteiger partial charge in [0.2, 0.25) is 5.91 Å². The van der Waals surface area contributed by atoms with E-state index in [1.54, 1.807) is 9.80 Å². The number of amides is 3. The molecule has 0 atom stereocenters. The summed E-state index contributed by atoms with van der Waals surface area (Å²) in [6.07, 6.45) is -0.835. The van der Waals surface area contributed by atoms with Gasteiger partial charge in [-0.05, 0) is 42.8 Å². The molecule has 4 aromatic rings. The number of alkyl halides is 3. The summed E-state index contributed by atoms with van der Waals surface area (Å²) in [5.74, 6) is -2.81. The van der Waals surface area contributed by atoms with Gasteiger partial charge in [-0.25, -0.2) is 14.1 Å². The lowest BCUT2D eigenvalue weighted by molar-refractivity contribution is -0.936. The van der Waals surface area contributed by atoms with Crippen LogP contribution in [0, 0.1) is 17.7 Å². The predicted octanol–water partition coefficient (Wildman–Crippen LogP) is 3.18. The molecule has 60 heavy (non-hydrogen) atoms. The summed E-state index contributed by atoms with van der Waals surface area (Å²) in [6, 6.07) is 7.79. The number of halogens is 5. The number of aromatic nitrogens is 4. The standard InChI is InChI=1S/C40H45ClF4N10O5/c1-51-33(29-22-54(50-35(29)40(43,44)45)32-7-4-26(46)17-31(32)42)21-48-36(51)37(58)49-27-5-6-28(30(41)18-27)39(60)53-12-10-52(11-13-53)38(59)25-8-15-55(16-9-25,14-2-3-34(56)57)23-24-19-47-20-24/h4-7,17-18,21-22,24-25,47H,2-3,8-16,19-20,23,46H2,1H3,(H-,49,56,57,58,60). The molecule has 0 spiro atoms. The van der Waals surface area contributed by atoms with Crippen LogP contribution in [0.2, 0.25) is 5.02 Å². The van der Waals surface area contributed by atoms with E-state index in [-0.39, 0.29) is 63.3 Å². The Morgan fingerprint density at radius 3 is 2.35 bits per heavy atom. The molecule has 3 saturated heterocycles. The molecule has 0 radical (unpaired) electrons. The highest BCUT2D eigenvalue weighted by Gasteiger charge is 2.41. The van der Waals surface area contributed by atoms with Crippen molar-refractivity contribution in [3.63, 3.8) is 0 Å². The molecule has 15 nitrogen and oxygen atoms in total. The van der Waals surface area contributed by atoms with Crippen molar-refractivity contribution < 1.29 is 46.3 Å². The van der Waals surface area contributed by atoms with E-state index < -0.39 is 35.1 Å². The minimum atomic E-state index is -4.93. The molecule has 3 aliphatic rings. The zero-order valence-corrected chi connectivity index (χ0v) is 33.6. The fourth-order valence-electron chi connectivity index (χ4n) is 8.43. The molecule has 320 valence electrons. The van der Waals surface area contributed by atoms with Crippen molar-refractivity contribution >= 4 is 46.7 Å². The number of carbonyl (C=O) groups excluding carboxylic acids is 4. The summed E-state index contributed by atoms with van der Waals surface area (Å²) in [6.45, 7) is 6.62. The van der Waals surface area contributed by atoms with Crippen LogP contribution in [-0.2, 0) is 22.8 Å². The van der Waals surface area contributed by atoms with Gasteiger partial charge in [-0.15, -0.1) is 0 Å². The summed E-state index contributed by atoms with van der Waals surface area (Å²) in [5.41, 5.74) is 3.90. The van der Waals surface area contributed by atoms with Gasteiger partial charge in [-0.1, -0.05) is 11.6 Å². The van der Waals surface area contributed by atoms with Gasteiger partial charge in [-0.3, -0.25) is 14.4 Å². The van der Waals surface area contributed by atoms with Crippen molar-refractivity contribution in [3.05, 3.63) is 76.7 Å². The molecule has 20 heteroatoms. The second-order valence-corrected chi connectivity index (χ2v) is 16.2. The van der Waals surface area contributed by atoms with Crippen molar-refractivity contribution in [2.75, 3.05) is 76.5 Å². The number of likely N-dealkylation sites (tertiary alicyclic amines) is 1. The van der Waals surface area contributed by atoms with Gasteiger partial charge in [-0.2, -0.15) is 18.3 Å². The molecule has 3 fully saturated rings. The Hall–Kier alpha value is -5.53. The molecule has 4 N–H and O–H groups in total. The Labute approximate surface area is 347 Å². The second-order valence-electron chi connectivity index (χ2n) is 15.8. The van der Waals surface area contributed by atoms with Crippen LogP contribution in [0.3, 0.4) is 0 Å². The Morgan fingerprint density at radius 1 is 1.03 bits per heavy atom. The zero-order chi connectivity index (χ0) is 42.9. The Kier molecular flexibility index (Phi) is 12.2. The number of nitrogens with one attached hydrogen (secondary N) is 2. The molecular weight excluding hydrogens is 812 g/mol. The van der Waals surface area contributed by atoms with Gasteiger partial charge in [0.05, 0.1) is 54.2 Å². The van der Waals surface area contributed by atoms with E-state index >= 15 is 0 Å².